The van der Waals surface area contributed by atoms with Crippen molar-refractivity contribution in [2.75, 3.05) is 13.6 Å². The maximum absolute atomic E-state index is 11.8. The van der Waals surface area contributed by atoms with E-state index in [1.54, 1.807) is 6.92 Å². The Balaban J connectivity index is 3.92. The van der Waals surface area contributed by atoms with Crippen molar-refractivity contribution in [3.63, 3.8) is 0 Å². The third-order valence-corrected chi connectivity index (χ3v) is 1.96. The minimum absolute atomic E-state index is 0.242. The SMILES string of the molecule is CCN=c1c(C(=O)O)cc(=O)c(=NNC)c1=O. The minimum atomic E-state index is -1.36. The lowest BCUT2D eigenvalue weighted by atomic mass is 10.2. The highest BCUT2D eigenvalue weighted by molar-refractivity contribution is 5.87. The van der Waals surface area contributed by atoms with Crippen LogP contribution in [-0.4, -0.2) is 24.7 Å². The molecule has 1 aromatic carbocycles. The quantitative estimate of drug-likeness (QED) is 0.587. The second-order valence-electron chi connectivity index (χ2n) is 3.06. The zero-order valence-electron chi connectivity index (χ0n) is 9.35. The Kier molecular flexibility index (Phi) is 3.86. The van der Waals surface area contributed by atoms with Gasteiger partial charge in [0.15, 0.2) is 5.36 Å². The summed E-state index contributed by atoms with van der Waals surface area (Å²) in [7, 11) is 1.43. The Labute approximate surface area is 95.5 Å². The Morgan fingerprint density at radius 1 is 1.41 bits per heavy atom. The second-order valence-corrected chi connectivity index (χ2v) is 3.06. The number of carboxylic acid groups (broad SMARTS) is 1. The van der Waals surface area contributed by atoms with Gasteiger partial charge in [0.1, 0.15) is 5.36 Å². The van der Waals surface area contributed by atoms with E-state index in [1.165, 1.54) is 7.05 Å². The van der Waals surface area contributed by atoms with Crippen LogP contribution in [0.25, 0.3) is 0 Å². The highest BCUT2D eigenvalue weighted by Crippen LogP contribution is 1.82. The van der Waals surface area contributed by atoms with E-state index >= 15 is 0 Å². The molecule has 1 aromatic rings. The number of nitrogens with one attached hydrogen (secondary N) is 1. The molecule has 0 saturated heterocycles. The first kappa shape index (κ1) is 12.8. The first-order chi connectivity index (χ1) is 8.02. The van der Waals surface area contributed by atoms with E-state index in [0.29, 0.717) is 0 Å². The topological polar surface area (TPSA) is 108 Å². The summed E-state index contributed by atoms with van der Waals surface area (Å²) < 4.78 is 0. The zero-order chi connectivity index (χ0) is 13.0. The van der Waals surface area contributed by atoms with E-state index in [4.69, 9.17) is 5.11 Å². The maximum atomic E-state index is 11.8. The van der Waals surface area contributed by atoms with E-state index in [2.05, 4.69) is 15.5 Å². The normalized spacial score (nSPS) is 12.8. The van der Waals surface area contributed by atoms with E-state index in [1.807, 2.05) is 0 Å². The number of carbonyl (C=O) groups is 1. The third-order valence-electron chi connectivity index (χ3n) is 1.96. The highest BCUT2D eigenvalue weighted by atomic mass is 16.4. The fourth-order valence-electron chi connectivity index (χ4n) is 1.31. The summed E-state index contributed by atoms with van der Waals surface area (Å²) in [6.07, 6.45) is 0. The predicted molar refractivity (Wildman–Crippen MR) is 59.0 cm³/mol. The Bertz CT molecular complexity index is 654. The van der Waals surface area contributed by atoms with Crippen molar-refractivity contribution >= 4 is 5.97 Å². The highest BCUT2D eigenvalue weighted by Gasteiger charge is 2.13. The van der Waals surface area contributed by atoms with Gasteiger partial charge in [-0.25, -0.2) is 4.79 Å². The number of hydrogen-bond donors (Lipinski definition) is 2. The smallest absolute Gasteiger partial charge is 0.338 e. The first-order valence-electron chi connectivity index (χ1n) is 4.86. The molecule has 0 unspecified atom stereocenters. The summed E-state index contributed by atoms with van der Waals surface area (Å²) in [5, 5.41) is 11.8. The summed E-state index contributed by atoms with van der Waals surface area (Å²) in [6, 6.07) is 0.856. The number of benzene rings is 1. The van der Waals surface area contributed by atoms with Gasteiger partial charge in [-0.2, -0.15) is 5.10 Å². The third kappa shape index (κ3) is 2.44. The number of carboxylic acids is 1. The second kappa shape index (κ2) is 5.15. The summed E-state index contributed by atoms with van der Waals surface area (Å²) in [4.78, 5) is 38.0. The molecule has 0 spiro atoms. The van der Waals surface area contributed by atoms with Crippen molar-refractivity contribution in [1.29, 1.82) is 0 Å². The lowest BCUT2D eigenvalue weighted by Gasteiger charge is -1.94. The molecule has 1 rings (SSSR count). The van der Waals surface area contributed by atoms with Crippen molar-refractivity contribution in [2.24, 2.45) is 10.1 Å². The summed E-state index contributed by atoms with van der Waals surface area (Å²) >= 11 is 0. The standard InChI is InChI=1S/C10H11N3O4/c1-3-12-7-5(10(16)17)4-6(14)8(9(7)15)13-11-2/h4,11H,3H2,1-2H3,(H,16,17). The van der Waals surface area contributed by atoms with Crippen LogP contribution in [0.1, 0.15) is 17.3 Å². The van der Waals surface area contributed by atoms with Crippen LogP contribution in [0.15, 0.2) is 25.7 Å². The summed E-state index contributed by atoms with van der Waals surface area (Å²) in [5.41, 5.74) is 0.417. The summed E-state index contributed by atoms with van der Waals surface area (Å²) in [5.74, 6) is -1.36. The largest absolute Gasteiger partial charge is 0.478 e. The van der Waals surface area contributed by atoms with Crippen LogP contribution in [0.2, 0.25) is 0 Å². The zero-order valence-corrected chi connectivity index (χ0v) is 9.35. The van der Waals surface area contributed by atoms with Crippen LogP contribution in [0, 0.1) is 0 Å². The van der Waals surface area contributed by atoms with Gasteiger partial charge in [0.2, 0.25) is 10.9 Å². The lowest BCUT2D eigenvalue weighted by molar-refractivity contribution is 0.0694. The molecule has 0 atom stereocenters. The van der Waals surface area contributed by atoms with Crippen LogP contribution < -0.4 is 27.0 Å². The van der Waals surface area contributed by atoms with Gasteiger partial charge in [-0.05, 0) is 6.92 Å². The minimum Gasteiger partial charge on any atom is -0.478 e. The molecule has 0 amide bonds. The predicted octanol–water partition coefficient (Wildman–Crippen LogP) is -2.06. The van der Waals surface area contributed by atoms with E-state index in [0.717, 1.165) is 6.07 Å². The summed E-state index contributed by atoms with van der Waals surface area (Å²) in [6.45, 7) is 1.90. The van der Waals surface area contributed by atoms with E-state index in [9.17, 15) is 14.4 Å². The van der Waals surface area contributed by atoms with Gasteiger partial charge in [-0.1, -0.05) is 0 Å². The first-order valence-corrected chi connectivity index (χ1v) is 4.86. The monoisotopic (exact) mass is 237 g/mol. The van der Waals surface area contributed by atoms with Crippen LogP contribution in [0.4, 0.5) is 0 Å². The number of aromatic carboxylic acids is 1. The number of nitrogens with zero attached hydrogens (tertiary/aromatic N) is 2. The molecule has 7 nitrogen and oxygen atoms in total. The molecule has 0 aliphatic carbocycles. The fourth-order valence-corrected chi connectivity index (χ4v) is 1.31. The van der Waals surface area contributed by atoms with Crippen molar-refractivity contribution in [2.45, 2.75) is 6.92 Å². The Morgan fingerprint density at radius 3 is 2.53 bits per heavy atom. The molecular weight excluding hydrogens is 226 g/mol. The molecule has 0 aromatic heterocycles. The van der Waals surface area contributed by atoms with Gasteiger partial charge < -0.3 is 10.5 Å². The average Bonchev–Trinajstić information content (AvgIpc) is 2.27. The molecule has 0 heterocycles. The molecule has 2 N–H and O–H groups in total. The molecule has 0 aliphatic rings. The molecule has 7 heteroatoms. The molecule has 0 saturated carbocycles. The van der Waals surface area contributed by atoms with Gasteiger partial charge in [0, 0.05) is 19.7 Å². The molecule has 17 heavy (non-hydrogen) atoms. The van der Waals surface area contributed by atoms with E-state index < -0.39 is 22.4 Å². The maximum Gasteiger partial charge on any atom is 0.338 e. The van der Waals surface area contributed by atoms with E-state index in [-0.39, 0.29) is 17.3 Å². The number of rotatable bonds is 3. The molecular formula is C10H11N3O4. The van der Waals surface area contributed by atoms with Crippen molar-refractivity contribution < 1.29 is 9.90 Å². The average molecular weight is 237 g/mol. The van der Waals surface area contributed by atoms with Gasteiger partial charge in [-0.15, -0.1) is 0 Å². The molecule has 0 aliphatic heterocycles. The molecule has 90 valence electrons. The lowest BCUT2D eigenvalue weighted by Crippen LogP contribution is -2.50. The van der Waals surface area contributed by atoms with Gasteiger partial charge in [0.25, 0.3) is 0 Å². The molecule has 0 bridgehead atoms. The number of hydrogen-bond acceptors (Lipinski definition) is 6. The van der Waals surface area contributed by atoms with Gasteiger partial charge in [0.05, 0.1) is 5.56 Å². The van der Waals surface area contributed by atoms with Crippen LogP contribution in [0.3, 0.4) is 0 Å². The molecule has 0 radical (unpaired) electrons. The molecule has 0 fully saturated rings. The van der Waals surface area contributed by atoms with Gasteiger partial charge >= 0.3 is 5.97 Å². The Morgan fingerprint density at radius 2 is 2.06 bits per heavy atom. The van der Waals surface area contributed by atoms with Gasteiger partial charge in [-0.3, -0.25) is 14.6 Å². The van der Waals surface area contributed by atoms with Crippen LogP contribution in [-0.2, 0) is 0 Å². The van der Waals surface area contributed by atoms with Crippen molar-refractivity contribution in [3.8, 4) is 0 Å². The van der Waals surface area contributed by atoms with Crippen LogP contribution >= 0.6 is 0 Å². The van der Waals surface area contributed by atoms with Crippen molar-refractivity contribution in [3.05, 3.63) is 42.8 Å². The van der Waals surface area contributed by atoms with Crippen LogP contribution in [0.5, 0.6) is 0 Å². The fraction of sp³-hybridized carbons (Fsp3) is 0.300. The Hall–Kier alpha value is -2.31. The van der Waals surface area contributed by atoms with Crippen molar-refractivity contribution in [1.82, 2.24) is 5.43 Å².